The lowest BCUT2D eigenvalue weighted by Gasteiger charge is -2.41. The lowest BCUT2D eigenvalue weighted by molar-refractivity contribution is -0.0260. The van der Waals surface area contributed by atoms with Crippen molar-refractivity contribution in [2.24, 2.45) is 5.41 Å². The predicted octanol–water partition coefficient (Wildman–Crippen LogP) is 2.97. The highest BCUT2D eigenvalue weighted by molar-refractivity contribution is 5.38. The SMILES string of the molecule is Cc1ccc(C(O)(c2cc[nH]c(=O)c2)C(C)(C)C)cc1. The van der Waals surface area contributed by atoms with Crippen LogP contribution in [0.15, 0.2) is 47.4 Å². The van der Waals surface area contributed by atoms with Gasteiger partial charge in [-0.25, -0.2) is 0 Å². The van der Waals surface area contributed by atoms with E-state index in [0.29, 0.717) is 5.56 Å². The number of nitrogens with one attached hydrogen (secondary N) is 1. The summed E-state index contributed by atoms with van der Waals surface area (Å²) >= 11 is 0. The Hall–Kier alpha value is -1.87. The fourth-order valence-electron chi connectivity index (χ4n) is 2.50. The molecule has 0 aliphatic carbocycles. The van der Waals surface area contributed by atoms with E-state index in [1.54, 1.807) is 12.3 Å². The molecule has 106 valence electrons. The summed E-state index contributed by atoms with van der Waals surface area (Å²) in [5.74, 6) is 0. The molecule has 0 fully saturated rings. The molecule has 20 heavy (non-hydrogen) atoms. The molecule has 0 radical (unpaired) electrons. The zero-order valence-corrected chi connectivity index (χ0v) is 12.4. The molecule has 1 atom stereocenters. The third kappa shape index (κ3) is 2.41. The molecule has 1 aromatic heterocycles. The van der Waals surface area contributed by atoms with E-state index in [9.17, 15) is 9.90 Å². The number of aromatic amines is 1. The normalized spacial score (nSPS) is 14.8. The number of benzene rings is 1. The third-order valence-electron chi connectivity index (χ3n) is 3.75. The standard InChI is InChI=1S/C17H21NO2/c1-12-5-7-13(8-6-12)17(20,16(2,3)4)14-9-10-18-15(19)11-14/h5-11,20H,1-4H3,(H,18,19). The zero-order chi connectivity index (χ0) is 15.0. The second-order valence-corrected chi connectivity index (χ2v) is 6.27. The Morgan fingerprint density at radius 2 is 1.60 bits per heavy atom. The van der Waals surface area contributed by atoms with Crippen LogP contribution < -0.4 is 5.56 Å². The smallest absolute Gasteiger partial charge is 0.248 e. The maximum Gasteiger partial charge on any atom is 0.248 e. The van der Waals surface area contributed by atoms with E-state index in [-0.39, 0.29) is 5.56 Å². The molecular formula is C17H21NO2. The first kappa shape index (κ1) is 14.5. The quantitative estimate of drug-likeness (QED) is 0.882. The Morgan fingerprint density at radius 3 is 2.10 bits per heavy atom. The molecule has 0 bridgehead atoms. The fourth-order valence-corrected chi connectivity index (χ4v) is 2.50. The summed E-state index contributed by atoms with van der Waals surface area (Å²) in [5, 5.41) is 11.4. The monoisotopic (exact) mass is 271 g/mol. The molecule has 0 saturated heterocycles. The maximum atomic E-state index is 11.6. The van der Waals surface area contributed by atoms with Crippen molar-refractivity contribution in [2.75, 3.05) is 0 Å². The molecule has 0 aliphatic heterocycles. The summed E-state index contributed by atoms with van der Waals surface area (Å²) < 4.78 is 0. The Morgan fingerprint density at radius 1 is 1.00 bits per heavy atom. The Kier molecular flexibility index (Phi) is 3.57. The van der Waals surface area contributed by atoms with Gasteiger partial charge in [0.05, 0.1) is 0 Å². The second-order valence-electron chi connectivity index (χ2n) is 6.27. The first-order valence-electron chi connectivity index (χ1n) is 6.74. The van der Waals surface area contributed by atoms with Gasteiger partial charge in [0.2, 0.25) is 5.56 Å². The van der Waals surface area contributed by atoms with Gasteiger partial charge in [0.25, 0.3) is 0 Å². The van der Waals surface area contributed by atoms with Crippen molar-refractivity contribution in [2.45, 2.75) is 33.3 Å². The van der Waals surface area contributed by atoms with E-state index < -0.39 is 11.0 Å². The first-order valence-corrected chi connectivity index (χ1v) is 6.74. The molecule has 0 amide bonds. The van der Waals surface area contributed by atoms with E-state index in [4.69, 9.17) is 0 Å². The first-order chi connectivity index (χ1) is 9.25. The van der Waals surface area contributed by atoms with Crippen molar-refractivity contribution in [3.8, 4) is 0 Å². The minimum atomic E-state index is -1.21. The highest BCUT2D eigenvalue weighted by atomic mass is 16.3. The maximum absolute atomic E-state index is 11.6. The number of aromatic nitrogens is 1. The molecule has 1 heterocycles. The zero-order valence-electron chi connectivity index (χ0n) is 12.4. The van der Waals surface area contributed by atoms with E-state index >= 15 is 0 Å². The van der Waals surface area contributed by atoms with Gasteiger partial charge < -0.3 is 10.1 Å². The molecular weight excluding hydrogens is 250 g/mol. The average Bonchev–Trinajstić information content (AvgIpc) is 2.37. The molecule has 2 rings (SSSR count). The van der Waals surface area contributed by atoms with Crippen molar-refractivity contribution in [3.05, 3.63) is 69.6 Å². The van der Waals surface area contributed by atoms with Gasteiger partial charge in [-0.05, 0) is 29.5 Å². The van der Waals surface area contributed by atoms with Gasteiger partial charge >= 0.3 is 0 Å². The van der Waals surface area contributed by atoms with E-state index in [2.05, 4.69) is 4.98 Å². The molecule has 2 N–H and O–H groups in total. The van der Waals surface area contributed by atoms with Crippen molar-refractivity contribution in [1.29, 1.82) is 0 Å². The predicted molar refractivity (Wildman–Crippen MR) is 80.7 cm³/mol. The van der Waals surface area contributed by atoms with E-state index in [1.807, 2.05) is 52.0 Å². The van der Waals surface area contributed by atoms with E-state index in [0.717, 1.165) is 11.1 Å². The van der Waals surface area contributed by atoms with Crippen LogP contribution in [0.5, 0.6) is 0 Å². The lowest BCUT2D eigenvalue weighted by atomic mass is 9.68. The summed E-state index contributed by atoms with van der Waals surface area (Å²) in [7, 11) is 0. The molecule has 1 aromatic carbocycles. The van der Waals surface area contributed by atoms with Gasteiger partial charge in [-0.3, -0.25) is 4.79 Å². The minimum absolute atomic E-state index is 0.211. The molecule has 0 aliphatic rings. The summed E-state index contributed by atoms with van der Waals surface area (Å²) in [6.45, 7) is 7.91. The number of H-pyrrole nitrogens is 1. The molecule has 1 unspecified atom stereocenters. The van der Waals surface area contributed by atoms with Crippen molar-refractivity contribution in [1.82, 2.24) is 4.98 Å². The Balaban J connectivity index is 2.69. The molecule has 0 spiro atoms. The molecule has 0 saturated carbocycles. The van der Waals surface area contributed by atoms with Crippen molar-refractivity contribution < 1.29 is 5.11 Å². The molecule has 2 aromatic rings. The number of hydrogen-bond acceptors (Lipinski definition) is 2. The molecule has 3 nitrogen and oxygen atoms in total. The summed E-state index contributed by atoms with van der Waals surface area (Å²) in [6.07, 6.45) is 1.57. The second kappa shape index (κ2) is 4.91. The van der Waals surface area contributed by atoms with Crippen molar-refractivity contribution >= 4 is 0 Å². The lowest BCUT2D eigenvalue weighted by Crippen LogP contribution is -2.41. The van der Waals surface area contributed by atoms with Gasteiger partial charge in [0.1, 0.15) is 5.60 Å². The Labute approximate surface area is 119 Å². The number of rotatable bonds is 2. The van der Waals surface area contributed by atoms with Crippen LogP contribution in [0.3, 0.4) is 0 Å². The van der Waals surface area contributed by atoms with Gasteiger partial charge in [0, 0.05) is 12.3 Å². The average molecular weight is 271 g/mol. The number of pyridine rings is 1. The van der Waals surface area contributed by atoms with Crippen LogP contribution in [-0.4, -0.2) is 10.1 Å². The highest BCUT2D eigenvalue weighted by Crippen LogP contribution is 2.44. The van der Waals surface area contributed by atoms with Crippen LogP contribution in [0.2, 0.25) is 0 Å². The Bertz CT molecular complexity index is 650. The van der Waals surface area contributed by atoms with Crippen LogP contribution in [0.25, 0.3) is 0 Å². The number of hydrogen-bond donors (Lipinski definition) is 2. The topological polar surface area (TPSA) is 53.1 Å². The van der Waals surface area contributed by atoms with Crippen LogP contribution in [0, 0.1) is 12.3 Å². The van der Waals surface area contributed by atoms with Gasteiger partial charge in [-0.15, -0.1) is 0 Å². The van der Waals surface area contributed by atoms with Crippen molar-refractivity contribution in [3.63, 3.8) is 0 Å². The third-order valence-corrected chi connectivity index (χ3v) is 3.75. The van der Waals surface area contributed by atoms with Gasteiger partial charge in [-0.2, -0.15) is 0 Å². The molecule has 3 heteroatoms. The number of aliphatic hydroxyl groups is 1. The van der Waals surface area contributed by atoms with Gasteiger partial charge in [0.15, 0.2) is 0 Å². The highest BCUT2D eigenvalue weighted by Gasteiger charge is 2.43. The number of aryl methyl sites for hydroxylation is 1. The largest absolute Gasteiger partial charge is 0.380 e. The van der Waals surface area contributed by atoms with E-state index in [1.165, 1.54) is 6.07 Å². The van der Waals surface area contributed by atoms with Crippen LogP contribution in [0.1, 0.15) is 37.5 Å². The summed E-state index contributed by atoms with van der Waals surface area (Å²) in [5.41, 5.74) is 0.664. The minimum Gasteiger partial charge on any atom is -0.380 e. The van der Waals surface area contributed by atoms with Crippen LogP contribution >= 0.6 is 0 Å². The fraction of sp³-hybridized carbons (Fsp3) is 0.353. The summed E-state index contributed by atoms with van der Waals surface area (Å²) in [6, 6.07) is 11.0. The van der Waals surface area contributed by atoms with Crippen LogP contribution in [0.4, 0.5) is 0 Å². The summed E-state index contributed by atoms with van der Waals surface area (Å²) in [4.78, 5) is 14.2. The van der Waals surface area contributed by atoms with Gasteiger partial charge in [-0.1, -0.05) is 50.6 Å². The van der Waals surface area contributed by atoms with Crippen LogP contribution in [-0.2, 0) is 5.60 Å².